The monoisotopic (exact) mass is 261 g/mol. The number of rotatable bonds is 6. The smallest absolute Gasteiger partial charge is 0.0481 e. The van der Waals surface area contributed by atoms with Gasteiger partial charge in [0.05, 0.1) is 0 Å². The molecule has 19 heavy (non-hydrogen) atoms. The maximum Gasteiger partial charge on any atom is 0.0481 e. The van der Waals surface area contributed by atoms with Crippen molar-refractivity contribution in [1.82, 2.24) is 15.2 Å². The standard InChI is InChI=1S/C16H27N3/c1-4-17-15(10-12-19(2)3)14-9-5-7-13-8-6-11-18-16(13)14/h6,8,11,14-15,17H,4-5,7,9-10,12H2,1-3H3. The lowest BCUT2D eigenvalue weighted by Gasteiger charge is -2.32. The average Bonchev–Trinajstić information content (AvgIpc) is 2.43. The van der Waals surface area contributed by atoms with E-state index in [9.17, 15) is 0 Å². The van der Waals surface area contributed by atoms with Crippen LogP contribution in [0.3, 0.4) is 0 Å². The molecule has 1 aromatic heterocycles. The van der Waals surface area contributed by atoms with E-state index < -0.39 is 0 Å². The molecular weight excluding hydrogens is 234 g/mol. The maximum absolute atomic E-state index is 4.68. The Morgan fingerprint density at radius 3 is 3.05 bits per heavy atom. The fourth-order valence-electron chi connectivity index (χ4n) is 3.14. The molecule has 1 aliphatic rings. The Hall–Kier alpha value is -0.930. The zero-order valence-electron chi connectivity index (χ0n) is 12.5. The van der Waals surface area contributed by atoms with Crippen LogP contribution in [0.15, 0.2) is 18.3 Å². The average molecular weight is 261 g/mol. The minimum Gasteiger partial charge on any atom is -0.314 e. The van der Waals surface area contributed by atoms with Crippen molar-refractivity contribution in [3.8, 4) is 0 Å². The Labute approximate surface area is 117 Å². The molecule has 0 aliphatic heterocycles. The Balaban J connectivity index is 2.13. The molecule has 0 amide bonds. The number of aromatic nitrogens is 1. The number of nitrogens with zero attached hydrogens (tertiary/aromatic N) is 2. The van der Waals surface area contributed by atoms with Gasteiger partial charge in [0.15, 0.2) is 0 Å². The van der Waals surface area contributed by atoms with Crippen LogP contribution in [0.5, 0.6) is 0 Å². The molecular formula is C16H27N3. The molecule has 1 N–H and O–H groups in total. The largest absolute Gasteiger partial charge is 0.314 e. The third-order valence-corrected chi connectivity index (χ3v) is 4.08. The summed E-state index contributed by atoms with van der Waals surface area (Å²) in [6.45, 7) is 4.37. The van der Waals surface area contributed by atoms with Crippen LogP contribution in [0.1, 0.15) is 43.4 Å². The molecule has 2 rings (SSSR count). The van der Waals surface area contributed by atoms with Crippen molar-refractivity contribution in [1.29, 1.82) is 0 Å². The number of fused-ring (bicyclic) bond motifs is 1. The van der Waals surface area contributed by atoms with Crippen LogP contribution in [0.2, 0.25) is 0 Å². The van der Waals surface area contributed by atoms with E-state index in [4.69, 9.17) is 0 Å². The molecule has 0 radical (unpaired) electrons. The van der Waals surface area contributed by atoms with E-state index in [1.54, 1.807) is 0 Å². The van der Waals surface area contributed by atoms with E-state index >= 15 is 0 Å². The molecule has 1 aliphatic carbocycles. The van der Waals surface area contributed by atoms with E-state index in [0.29, 0.717) is 12.0 Å². The van der Waals surface area contributed by atoms with Crippen LogP contribution in [0.25, 0.3) is 0 Å². The number of nitrogens with one attached hydrogen (secondary N) is 1. The molecule has 0 bridgehead atoms. The summed E-state index contributed by atoms with van der Waals surface area (Å²) in [5.41, 5.74) is 2.81. The van der Waals surface area contributed by atoms with Crippen molar-refractivity contribution < 1.29 is 0 Å². The molecule has 0 saturated heterocycles. The van der Waals surface area contributed by atoms with Gasteiger partial charge in [0.25, 0.3) is 0 Å². The van der Waals surface area contributed by atoms with Crippen molar-refractivity contribution in [2.45, 2.75) is 44.6 Å². The van der Waals surface area contributed by atoms with Gasteiger partial charge >= 0.3 is 0 Å². The Bertz CT molecular complexity index is 389. The van der Waals surface area contributed by atoms with Gasteiger partial charge in [-0.3, -0.25) is 4.98 Å². The first-order chi connectivity index (χ1) is 9.22. The zero-order chi connectivity index (χ0) is 13.7. The van der Waals surface area contributed by atoms with Crippen molar-refractivity contribution in [3.05, 3.63) is 29.6 Å². The summed E-state index contributed by atoms with van der Waals surface area (Å²) in [4.78, 5) is 6.95. The van der Waals surface area contributed by atoms with E-state index in [1.165, 1.54) is 36.9 Å². The Morgan fingerprint density at radius 2 is 2.32 bits per heavy atom. The second kappa shape index (κ2) is 7.01. The molecule has 1 heterocycles. The van der Waals surface area contributed by atoms with Crippen LogP contribution >= 0.6 is 0 Å². The van der Waals surface area contributed by atoms with Gasteiger partial charge in [0.1, 0.15) is 0 Å². The summed E-state index contributed by atoms with van der Waals surface area (Å²) < 4.78 is 0. The van der Waals surface area contributed by atoms with E-state index in [1.807, 2.05) is 6.20 Å². The van der Waals surface area contributed by atoms with Gasteiger partial charge in [-0.05, 0) is 64.5 Å². The van der Waals surface area contributed by atoms with Crippen molar-refractivity contribution >= 4 is 0 Å². The molecule has 3 heteroatoms. The maximum atomic E-state index is 4.68. The minimum absolute atomic E-state index is 0.557. The fourth-order valence-corrected chi connectivity index (χ4v) is 3.14. The normalized spacial score (nSPS) is 20.3. The summed E-state index contributed by atoms with van der Waals surface area (Å²) in [6.07, 6.45) is 6.92. The quantitative estimate of drug-likeness (QED) is 0.852. The SMILES string of the molecule is CCNC(CCN(C)C)C1CCCc2cccnc21. The van der Waals surface area contributed by atoms with Crippen LogP contribution in [-0.2, 0) is 6.42 Å². The first kappa shape index (κ1) is 14.5. The summed E-state index contributed by atoms with van der Waals surface area (Å²) in [6, 6.07) is 4.88. The number of hydrogen-bond acceptors (Lipinski definition) is 3. The number of pyridine rings is 1. The van der Waals surface area contributed by atoms with E-state index in [-0.39, 0.29) is 0 Å². The minimum atomic E-state index is 0.557. The fraction of sp³-hybridized carbons (Fsp3) is 0.688. The van der Waals surface area contributed by atoms with Gasteiger partial charge in [-0.2, -0.15) is 0 Å². The number of aryl methyl sites for hydroxylation is 1. The molecule has 106 valence electrons. The highest BCUT2D eigenvalue weighted by atomic mass is 15.1. The highest BCUT2D eigenvalue weighted by molar-refractivity contribution is 5.27. The third-order valence-electron chi connectivity index (χ3n) is 4.08. The van der Waals surface area contributed by atoms with Gasteiger partial charge in [0.2, 0.25) is 0 Å². The predicted octanol–water partition coefficient (Wildman–Crippen LogP) is 2.43. The van der Waals surface area contributed by atoms with E-state index in [0.717, 1.165) is 13.1 Å². The Kier molecular flexibility index (Phi) is 5.34. The zero-order valence-corrected chi connectivity index (χ0v) is 12.5. The second-order valence-electron chi connectivity index (χ2n) is 5.80. The molecule has 0 aromatic carbocycles. The summed E-state index contributed by atoms with van der Waals surface area (Å²) >= 11 is 0. The van der Waals surface area contributed by atoms with Crippen LogP contribution in [0.4, 0.5) is 0 Å². The predicted molar refractivity (Wildman–Crippen MR) is 80.6 cm³/mol. The number of hydrogen-bond donors (Lipinski definition) is 1. The lowest BCUT2D eigenvalue weighted by Crippen LogP contribution is -2.39. The number of likely N-dealkylation sites (N-methyl/N-ethyl adjacent to an activating group) is 1. The molecule has 0 fully saturated rings. The summed E-state index contributed by atoms with van der Waals surface area (Å²) in [5.74, 6) is 0.588. The third kappa shape index (κ3) is 3.77. The summed E-state index contributed by atoms with van der Waals surface area (Å²) in [5, 5.41) is 3.68. The highest BCUT2D eigenvalue weighted by Crippen LogP contribution is 2.33. The molecule has 0 saturated carbocycles. The lowest BCUT2D eigenvalue weighted by molar-refractivity contribution is 0.317. The highest BCUT2D eigenvalue weighted by Gasteiger charge is 2.28. The molecule has 2 unspecified atom stereocenters. The van der Waals surface area contributed by atoms with Gasteiger partial charge in [-0.15, -0.1) is 0 Å². The molecule has 1 aromatic rings. The van der Waals surface area contributed by atoms with Gasteiger partial charge < -0.3 is 10.2 Å². The van der Waals surface area contributed by atoms with Gasteiger partial charge in [-0.25, -0.2) is 0 Å². The van der Waals surface area contributed by atoms with Crippen molar-refractivity contribution in [2.24, 2.45) is 0 Å². The first-order valence-corrected chi connectivity index (χ1v) is 7.54. The molecule has 3 nitrogen and oxygen atoms in total. The van der Waals surface area contributed by atoms with E-state index in [2.05, 4.69) is 48.4 Å². The van der Waals surface area contributed by atoms with Crippen LogP contribution in [-0.4, -0.2) is 43.1 Å². The van der Waals surface area contributed by atoms with Crippen molar-refractivity contribution in [2.75, 3.05) is 27.2 Å². The second-order valence-corrected chi connectivity index (χ2v) is 5.80. The lowest BCUT2D eigenvalue weighted by atomic mass is 9.81. The van der Waals surface area contributed by atoms with Crippen LogP contribution < -0.4 is 5.32 Å². The van der Waals surface area contributed by atoms with Crippen LogP contribution in [0, 0.1) is 0 Å². The first-order valence-electron chi connectivity index (χ1n) is 7.54. The summed E-state index contributed by atoms with van der Waals surface area (Å²) in [7, 11) is 4.30. The van der Waals surface area contributed by atoms with Crippen molar-refractivity contribution in [3.63, 3.8) is 0 Å². The molecule has 0 spiro atoms. The molecule has 2 atom stereocenters. The van der Waals surface area contributed by atoms with Gasteiger partial charge in [0, 0.05) is 23.9 Å². The topological polar surface area (TPSA) is 28.2 Å². The Morgan fingerprint density at radius 1 is 1.47 bits per heavy atom. The van der Waals surface area contributed by atoms with Gasteiger partial charge in [-0.1, -0.05) is 13.0 Å².